The molecule has 0 aromatic carbocycles. The molecule has 1 N–H and O–H groups in total. The third-order valence-corrected chi connectivity index (χ3v) is 3.95. The smallest absolute Gasteiger partial charge is 0.191 e. The lowest BCUT2D eigenvalue weighted by Gasteiger charge is -2.33. The molecule has 0 spiro atoms. The molecule has 3 rings (SSSR count). The molecule has 3 aliphatic rings. The Morgan fingerprint density at radius 3 is 2.30 bits per heavy atom. The van der Waals surface area contributed by atoms with Gasteiger partial charge in [-0.05, 0) is 27.7 Å². The van der Waals surface area contributed by atoms with Gasteiger partial charge in [-0.15, -0.1) is 6.58 Å². The normalized spacial score (nSPS) is 49.2. The van der Waals surface area contributed by atoms with Crippen molar-refractivity contribution in [3.8, 4) is 0 Å². The zero-order valence-electron chi connectivity index (χ0n) is 12.3. The van der Waals surface area contributed by atoms with Gasteiger partial charge >= 0.3 is 0 Å². The van der Waals surface area contributed by atoms with E-state index < -0.39 is 41.8 Å². The highest BCUT2D eigenvalue weighted by atomic mass is 16.8. The Labute approximate surface area is 118 Å². The van der Waals surface area contributed by atoms with Gasteiger partial charge in [-0.3, -0.25) is 0 Å². The van der Waals surface area contributed by atoms with E-state index in [2.05, 4.69) is 6.58 Å². The zero-order valence-corrected chi connectivity index (χ0v) is 12.3. The number of hydrogen-bond acceptors (Lipinski definition) is 6. The minimum Gasteiger partial charge on any atom is -0.380 e. The molecule has 3 saturated heterocycles. The minimum absolute atomic E-state index is 0.344. The van der Waals surface area contributed by atoms with Gasteiger partial charge in [0, 0.05) is 0 Å². The molecule has 0 saturated carbocycles. The molecule has 0 bridgehead atoms. The first-order valence-electron chi connectivity index (χ1n) is 6.86. The van der Waals surface area contributed by atoms with Crippen LogP contribution in [0.3, 0.4) is 0 Å². The van der Waals surface area contributed by atoms with Crippen molar-refractivity contribution in [3.05, 3.63) is 12.7 Å². The Balaban J connectivity index is 1.83. The number of hydrogen-bond donors (Lipinski definition) is 1. The highest BCUT2D eigenvalue weighted by molar-refractivity contribution is 5.16. The number of ether oxygens (including phenoxy) is 5. The lowest BCUT2D eigenvalue weighted by Crippen LogP contribution is -2.52. The summed E-state index contributed by atoms with van der Waals surface area (Å²) in [6.45, 7) is 11.3. The standard InChI is InChI=1S/C14H22O6/c1-6-14(15)9(8-7-16-12(2,3)18-8)17-11-10(14)19-13(4,5)20-11/h6,8-11,15H,1,7H2,2-5H3/t8-,9-,10+,11-,14?/m1/s1. The summed E-state index contributed by atoms with van der Waals surface area (Å²) in [5, 5.41) is 10.9. The van der Waals surface area contributed by atoms with Gasteiger partial charge in [0.2, 0.25) is 0 Å². The molecule has 0 amide bonds. The van der Waals surface area contributed by atoms with E-state index in [1.165, 1.54) is 6.08 Å². The van der Waals surface area contributed by atoms with Gasteiger partial charge in [0.25, 0.3) is 0 Å². The van der Waals surface area contributed by atoms with Crippen molar-refractivity contribution in [3.63, 3.8) is 0 Å². The quantitative estimate of drug-likeness (QED) is 0.762. The molecule has 20 heavy (non-hydrogen) atoms. The molecule has 0 aromatic heterocycles. The van der Waals surface area contributed by atoms with Crippen molar-refractivity contribution in [1.29, 1.82) is 0 Å². The number of aliphatic hydroxyl groups is 1. The third-order valence-electron chi connectivity index (χ3n) is 3.95. The van der Waals surface area contributed by atoms with Crippen molar-refractivity contribution in [2.75, 3.05) is 6.61 Å². The van der Waals surface area contributed by atoms with Gasteiger partial charge in [-0.1, -0.05) is 6.08 Å². The fourth-order valence-corrected chi connectivity index (χ4v) is 3.04. The molecule has 5 atom stereocenters. The molecule has 3 heterocycles. The molecule has 0 aromatic rings. The van der Waals surface area contributed by atoms with E-state index in [1.807, 2.05) is 13.8 Å². The Hall–Kier alpha value is -0.500. The topological polar surface area (TPSA) is 66.4 Å². The van der Waals surface area contributed by atoms with Gasteiger partial charge < -0.3 is 28.8 Å². The Morgan fingerprint density at radius 1 is 1.05 bits per heavy atom. The highest BCUT2D eigenvalue weighted by Gasteiger charge is 2.64. The second kappa shape index (κ2) is 4.25. The fraction of sp³-hybridized carbons (Fsp3) is 0.857. The summed E-state index contributed by atoms with van der Waals surface area (Å²) in [6, 6.07) is 0. The summed E-state index contributed by atoms with van der Waals surface area (Å²) < 4.78 is 28.6. The van der Waals surface area contributed by atoms with Gasteiger partial charge in [0.15, 0.2) is 17.9 Å². The van der Waals surface area contributed by atoms with Gasteiger partial charge in [-0.25, -0.2) is 0 Å². The highest BCUT2D eigenvalue weighted by Crippen LogP contribution is 2.46. The van der Waals surface area contributed by atoms with Gasteiger partial charge in [0.05, 0.1) is 6.61 Å². The molecule has 3 fully saturated rings. The molecule has 0 aliphatic carbocycles. The maximum Gasteiger partial charge on any atom is 0.191 e. The Kier molecular flexibility index (Phi) is 3.07. The molecule has 1 unspecified atom stereocenters. The van der Waals surface area contributed by atoms with Crippen LogP contribution in [0.15, 0.2) is 12.7 Å². The predicted molar refractivity (Wildman–Crippen MR) is 68.7 cm³/mol. The van der Waals surface area contributed by atoms with Crippen LogP contribution in [0.1, 0.15) is 27.7 Å². The van der Waals surface area contributed by atoms with Crippen LogP contribution >= 0.6 is 0 Å². The molecular formula is C14H22O6. The van der Waals surface area contributed by atoms with Crippen molar-refractivity contribution >= 4 is 0 Å². The first-order valence-corrected chi connectivity index (χ1v) is 6.86. The second-order valence-electron chi connectivity index (χ2n) is 6.44. The first kappa shape index (κ1) is 14.4. The van der Waals surface area contributed by atoms with Crippen LogP contribution in [0.5, 0.6) is 0 Å². The van der Waals surface area contributed by atoms with Crippen molar-refractivity contribution in [1.82, 2.24) is 0 Å². The number of rotatable bonds is 2. The maximum atomic E-state index is 10.9. The van der Waals surface area contributed by atoms with E-state index in [9.17, 15) is 5.11 Å². The SMILES string of the molecule is C=CC1(O)[C@@H]([C@H]2COC(C)(C)O2)O[C@@H]2OC(C)(C)O[C@@H]21. The van der Waals surface area contributed by atoms with E-state index >= 15 is 0 Å². The number of fused-ring (bicyclic) bond motifs is 1. The molecule has 3 aliphatic heterocycles. The maximum absolute atomic E-state index is 10.9. The average Bonchev–Trinajstić information content (AvgIpc) is 2.91. The lowest BCUT2D eigenvalue weighted by atomic mass is 9.89. The monoisotopic (exact) mass is 286 g/mol. The van der Waals surface area contributed by atoms with Crippen LogP contribution in [0, 0.1) is 0 Å². The first-order chi connectivity index (χ1) is 9.17. The zero-order chi connectivity index (χ0) is 14.8. The summed E-state index contributed by atoms with van der Waals surface area (Å²) in [5.74, 6) is -1.47. The van der Waals surface area contributed by atoms with E-state index in [-0.39, 0.29) is 0 Å². The van der Waals surface area contributed by atoms with Crippen LogP contribution in [0.2, 0.25) is 0 Å². The van der Waals surface area contributed by atoms with Gasteiger partial charge in [-0.2, -0.15) is 0 Å². The minimum atomic E-state index is -1.37. The van der Waals surface area contributed by atoms with Crippen molar-refractivity contribution in [2.45, 2.75) is 69.5 Å². The largest absolute Gasteiger partial charge is 0.380 e. The van der Waals surface area contributed by atoms with E-state index in [4.69, 9.17) is 23.7 Å². The third kappa shape index (κ3) is 2.11. The molecular weight excluding hydrogens is 264 g/mol. The fourth-order valence-electron chi connectivity index (χ4n) is 3.04. The van der Waals surface area contributed by atoms with Crippen molar-refractivity contribution < 1.29 is 28.8 Å². The van der Waals surface area contributed by atoms with Crippen LogP contribution < -0.4 is 0 Å². The van der Waals surface area contributed by atoms with Gasteiger partial charge in [0.1, 0.15) is 23.9 Å². The summed E-state index contributed by atoms with van der Waals surface area (Å²) in [5.41, 5.74) is -1.37. The molecule has 0 radical (unpaired) electrons. The summed E-state index contributed by atoms with van der Waals surface area (Å²) in [4.78, 5) is 0. The predicted octanol–water partition coefficient (Wildman–Crippen LogP) is 0.931. The molecule has 114 valence electrons. The van der Waals surface area contributed by atoms with Crippen LogP contribution in [-0.4, -0.2) is 53.5 Å². The van der Waals surface area contributed by atoms with Crippen LogP contribution in [0.4, 0.5) is 0 Å². The van der Waals surface area contributed by atoms with E-state index in [1.54, 1.807) is 13.8 Å². The van der Waals surface area contributed by atoms with Crippen molar-refractivity contribution in [2.24, 2.45) is 0 Å². The van der Waals surface area contributed by atoms with Crippen LogP contribution in [-0.2, 0) is 23.7 Å². The average molecular weight is 286 g/mol. The van der Waals surface area contributed by atoms with E-state index in [0.29, 0.717) is 6.61 Å². The van der Waals surface area contributed by atoms with Crippen LogP contribution in [0.25, 0.3) is 0 Å². The van der Waals surface area contributed by atoms with E-state index in [0.717, 1.165) is 0 Å². The molecule has 6 heteroatoms. The second-order valence-corrected chi connectivity index (χ2v) is 6.44. The Morgan fingerprint density at radius 2 is 1.75 bits per heavy atom. The lowest BCUT2D eigenvalue weighted by molar-refractivity contribution is -0.241. The molecule has 6 nitrogen and oxygen atoms in total. The Bertz CT molecular complexity index is 420. The summed E-state index contributed by atoms with van der Waals surface area (Å²) in [7, 11) is 0. The summed E-state index contributed by atoms with van der Waals surface area (Å²) in [6.07, 6.45) is -0.832. The summed E-state index contributed by atoms with van der Waals surface area (Å²) >= 11 is 0.